The van der Waals surface area contributed by atoms with Crippen molar-refractivity contribution in [2.75, 3.05) is 23.9 Å². The highest BCUT2D eigenvalue weighted by molar-refractivity contribution is 6.39. The number of rotatable bonds is 7. The predicted octanol–water partition coefficient (Wildman–Crippen LogP) is 4.00. The molecule has 1 fully saturated rings. The van der Waals surface area contributed by atoms with E-state index in [1.165, 1.54) is 25.3 Å². The number of benzene rings is 3. The molecule has 0 aromatic heterocycles. The monoisotopic (exact) mass is 499 g/mol. The molecular weight excluding hydrogens is 474 g/mol. The van der Waals surface area contributed by atoms with Crippen molar-refractivity contribution in [3.05, 3.63) is 89.0 Å². The molecule has 0 aliphatic carbocycles. The number of hydrogen-bond donors (Lipinski definition) is 2. The van der Waals surface area contributed by atoms with Gasteiger partial charge >= 0.3 is 6.03 Å². The van der Waals surface area contributed by atoms with E-state index in [0.717, 1.165) is 16.0 Å². The maximum absolute atomic E-state index is 13.2. The van der Waals surface area contributed by atoms with Gasteiger partial charge in [-0.3, -0.25) is 19.7 Å². The first kappa shape index (κ1) is 25.2. The van der Waals surface area contributed by atoms with Crippen molar-refractivity contribution in [1.29, 1.82) is 0 Å². The zero-order valence-electron chi connectivity index (χ0n) is 20.5. The molecule has 4 rings (SSSR count). The summed E-state index contributed by atoms with van der Waals surface area (Å²) in [6.07, 6.45) is 1.33. The van der Waals surface area contributed by atoms with Crippen LogP contribution in [-0.2, 0) is 14.4 Å². The number of para-hydroxylation sites is 1. The molecule has 0 saturated carbocycles. The number of imide groups is 2. The van der Waals surface area contributed by atoms with E-state index in [4.69, 9.17) is 9.47 Å². The third kappa shape index (κ3) is 5.67. The molecule has 0 atom stereocenters. The van der Waals surface area contributed by atoms with E-state index in [1.807, 2.05) is 32.0 Å². The minimum atomic E-state index is -0.857. The zero-order chi connectivity index (χ0) is 26.5. The van der Waals surface area contributed by atoms with Gasteiger partial charge in [-0.15, -0.1) is 0 Å². The van der Waals surface area contributed by atoms with Gasteiger partial charge in [-0.05, 0) is 61.9 Å². The maximum Gasteiger partial charge on any atom is 0.335 e. The fourth-order valence-corrected chi connectivity index (χ4v) is 3.79. The number of nitrogens with zero attached hydrogens (tertiary/aromatic N) is 1. The molecule has 5 amide bonds. The lowest BCUT2D eigenvalue weighted by molar-refractivity contribution is -0.122. The average molecular weight is 500 g/mol. The van der Waals surface area contributed by atoms with Gasteiger partial charge in [-0.1, -0.05) is 35.9 Å². The van der Waals surface area contributed by atoms with Crippen molar-refractivity contribution in [3.8, 4) is 11.5 Å². The molecule has 9 nitrogen and oxygen atoms in total. The molecule has 1 saturated heterocycles. The molecule has 37 heavy (non-hydrogen) atoms. The molecular formula is C28H25N3O6. The molecule has 3 aromatic rings. The predicted molar refractivity (Wildman–Crippen MR) is 138 cm³/mol. The third-order valence-corrected chi connectivity index (χ3v) is 5.67. The molecule has 2 N–H and O–H groups in total. The molecule has 3 aromatic carbocycles. The number of anilines is 2. The van der Waals surface area contributed by atoms with Crippen molar-refractivity contribution < 1.29 is 28.7 Å². The number of barbiturate groups is 1. The third-order valence-electron chi connectivity index (χ3n) is 5.67. The quantitative estimate of drug-likeness (QED) is 0.375. The summed E-state index contributed by atoms with van der Waals surface area (Å²) in [7, 11) is 1.50. The van der Waals surface area contributed by atoms with Gasteiger partial charge in [0.2, 0.25) is 0 Å². The SMILES string of the molecule is COc1ccc(N2C(=O)NC(=O)C(=Cc3ccccc3OCC(=O)Nc3ccc(C)cc3C)C2=O)cc1. The summed E-state index contributed by atoms with van der Waals surface area (Å²) >= 11 is 0. The van der Waals surface area contributed by atoms with Crippen molar-refractivity contribution in [2.45, 2.75) is 13.8 Å². The van der Waals surface area contributed by atoms with Crippen LogP contribution >= 0.6 is 0 Å². The Kier molecular flexibility index (Phi) is 7.34. The van der Waals surface area contributed by atoms with Crippen LogP contribution in [-0.4, -0.2) is 37.5 Å². The summed E-state index contributed by atoms with van der Waals surface area (Å²) in [6, 6.07) is 17.8. The van der Waals surface area contributed by atoms with Crippen LogP contribution in [0.25, 0.3) is 6.08 Å². The van der Waals surface area contributed by atoms with Crippen LogP contribution in [0.3, 0.4) is 0 Å². The number of nitrogens with one attached hydrogen (secondary N) is 2. The minimum Gasteiger partial charge on any atom is -0.497 e. The van der Waals surface area contributed by atoms with Crippen molar-refractivity contribution >= 4 is 41.2 Å². The first-order valence-electron chi connectivity index (χ1n) is 11.4. The minimum absolute atomic E-state index is 0.258. The van der Waals surface area contributed by atoms with E-state index in [1.54, 1.807) is 36.4 Å². The van der Waals surface area contributed by atoms with Gasteiger partial charge in [0.25, 0.3) is 17.7 Å². The van der Waals surface area contributed by atoms with Crippen molar-refractivity contribution in [3.63, 3.8) is 0 Å². The highest BCUT2D eigenvalue weighted by Crippen LogP contribution is 2.27. The summed E-state index contributed by atoms with van der Waals surface area (Å²) in [5, 5.41) is 5.00. The second-order valence-electron chi connectivity index (χ2n) is 8.35. The first-order chi connectivity index (χ1) is 17.8. The van der Waals surface area contributed by atoms with E-state index < -0.39 is 17.8 Å². The highest BCUT2D eigenvalue weighted by Gasteiger charge is 2.37. The second kappa shape index (κ2) is 10.8. The lowest BCUT2D eigenvalue weighted by Crippen LogP contribution is -2.54. The standard InChI is InChI=1S/C28H25N3O6/c1-17-8-13-23(18(2)14-17)29-25(32)16-37-24-7-5-4-6-19(24)15-22-26(33)30-28(35)31(27(22)34)20-9-11-21(36-3)12-10-20/h4-15H,16H2,1-3H3,(H,29,32)(H,30,33,35). The summed E-state index contributed by atoms with van der Waals surface area (Å²) in [4.78, 5) is 51.5. The first-order valence-corrected chi connectivity index (χ1v) is 11.4. The van der Waals surface area contributed by atoms with Gasteiger partial charge in [-0.25, -0.2) is 9.69 Å². The Morgan fingerprint density at radius 1 is 1.00 bits per heavy atom. The van der Waals surface area contributed by atoms with Gasteiger partial charge < -0.3 is 14.8 Å². The summed E-state index contributed by atoms with van der Waals surface area (Å²) in [5.74, 6) is -1.15. The summed E-state index contributed by atoms with van der Waals surface area (Å²) < 4.78 is 10.8. The Morgan fingerprint density at radius 2 is 1.73 bits per heavy atom. The van der Waals surface area contributed by atoms with Crippen molar-refractivity contribution in [1.82, 2.24) is 5.32 Å². The van der Waals surface area contributed by atoms with Crippen LogP contribution in [0.2, 0.25) is 0 Å². The number of carbonyl (C=O) groups excluding carboxylic acids is 4. The number of carbonyl (C=O) groups is 4. The van der Waals surface area contributed by atoms with Gasteiger partial charge in [0.05, 0.1) is 12.8 Å². The Morgan fingerprint density at radius 3 is 2.43 bits per heavy atom. The van der Waals surface area contributed by atoms with E-state index in [0.29, 0.717) is 22.7 Å². The van der Waals surface area contributed by atoms with Gasteiger partial charge in [0.1, 0.15) is 17.1 Å². The molecule has 1 heterocycles. The van der Waals surface area contributed by atoms with Crippen LogP contribution in [0.5, 0.6) is 11.5 Å². The number of urea groups is 1. The molecule has 0 spiro atoms. The Bertz CT molecular complexity index is 1410. The second-order valence-corrected chi connectivity index (χ2v) is 8.35. The number of amides is 5. The van der Waals surface area contributed by atoms with E-state index in [2.05, 4.69) is 10.6 Å². The fraction of sp³-hybridized carbons (Fsp3) is 0.143. The highest BCUT2D eigenvalue weighted by atomic mass is 16.5. The van der Waals surface area contributed by atoms with Gasteiger partial charge in [0.15, 0.2) is 6.61 Å². The lowest BCUT2D eigenvalue weighted by Gasteiger charge is -2.26. The normalized spacial score (nSPS) is 14.4. The van der Waals surface area contributed by atoms with Crippen LogP contribution in [0.4, 0.5) is 16.2 Å². The van der Waals surface area contributed by atoms with Crippen molar-refractivity contribution in [2.24, 2.45) is 0 Å². The van der Waals surface area contributed by atoms with Gasteiger partial charge in [0, 0.05) is 11.3 Å². The van der Waals surface area contributed by atoms with Crippen LogP contribution in [0.1, 0.15) is 16.7 Å². The van der Waals surface area contributed by atoms with E-state index in [-0.39, 0.29) is 23.8 Å². The Labute approximate surface area is 213 Å². The molecule has 1 aliphatic rings. The van der Waals surface area contributed by atoms with E-state index in [9.17, 15) is 19.2 Å². The lowest BCUT2D eigenvalue weighted by atomic mass is 10.1. The molecule has 0 unspecified atom stereocenters. The summed E-state index contributed by atoms with van der Waals surface area (Å²) in [6.45, 7) is 3.58. The largest absolute Gasteiger partial charge is 0.497 e. The van der Waals surface area contributed by atoms with Gasteiger partial charge in [-0.2, -0.15) is 0 Å². The number of methoxy groups -OCH3 is 1. The fourth-order valence-electron chi connectivity index (χ4n) is 3.79. The number of aryl methyl sites for hydroxylation is 2. The average Bonchev–Trinajstić information content (AvgIpc) is 2.88. The topological polar surface area (TPSA) is 114 Å². The summed E-state index contributed by atoms with van der Waals surface area (Å²) in [5.41, 5.74) is 3.10. The molecule has 0 bridgehead atoms. The molecule has 188 valence electrons. The zero-order valence-corrected chi connectivity index (χ0v) is 20.5. The van der Waals surface area contributed by atoms with Crippen LogP contribution in [0.15, 0.2) is 72.3 Å². The smallest absolute Gasteiger partial charge is 0.335 e. The van der Waals surface area contributed by atoms with Crippen LogP contribution < -0.4 is 25.0 Å². The Hall–Kier alpha value is -4.92. The number of hydrogen-bond acceptors (Lipinski definition) is 6. The van der Waals surface area contributed by atoms with Crippen LogP contribution in [0, 0.1) is 13.8 Å². The van der Waals surface area contributed by atoms with E-state index >= 15 is 0 Å². The Balaban J connectivity index is 1.53. The molecule has 9 heteroatoms. The molecule has 1 aliphatic heterocycles. The molecule has 0 radical (unpaired) electrons. The number of ether oxygens (including phenoxy) is 2. The maximum atomic E-state index is 13.2.